The monoisotopic (exact) mass is 381 g/mol. The fourth-order valence-electron chi connectivity index (χ4n) is 1.85. The zero-order chi connectivity index (χ0) is 17.5. The number of halogens is 2. The van der Waals surface area contributed by atoms with Crippen LogP contribution in [0.15, 0.2) is 24.3 Å². The number of hydrogen-bond donors (Lipinski definition) is 2. The Morgan fingerprint density at radius 2 is 1.78 bits per heavy atom. The molecule has 1 atom stereocenters. The van der Waals surface area contributed by atoms with Crippen molar-refractivity contribution in [1.82, 2.24) is 0 Å². The molecular formula is C14H17Cl2NO5S. The van der Waals surface area contributed by atoms with Crippen molar-refractivity contribution in [2.24, 2.45) is 0 Å². The summed E-state index contributed by atoms with van der Waals surface area (Å²) in [4.78, 5) is 22.5. The van der Waals surface area contributed by atoms with Gasteiger partial charge in [0.1, 0.15) is 0 Å². The van der Waals surface area contributed by atoms with Gasteiger partial charge in [0.05, 0.1) is 17.4 Å². The molecule has 1 aromatic rings. The van der Waals surface area contributed by atoms with E-state index in [0.29, 0.717) is 11.3 Å². The van der Waals surface area contributed by atoms with Gasteiger partial charge < -0.3 is 10.4 Å². The largest absolute Gasteiger partial charge is 0.481 e. The topological polar surface area (TPSA) is 101 Å². The van der Waals surface area contributed by atoms with Crippen molar-refractivity contribution in [2.45, 2.75) is 18.1 Å². The molecule has 0 fully saturated rings. The number of rotatable bonds is 9. The predicted octanol–water partition coefficient (Wildman–Crippen LogP) is 1.90. The fourth-order valence-corrected chi connectivity index (χ4v) is 4.33. The first-order valence-corrected chi connectivity index (χ1v) is 9.51. The Morgan fingerprint density at radius 3 is 2.26 bits per heavy atom. The van der Waals surface area contributed by atoms with Gasteiger partial charge in [-0.05, 0) is 17.7 Å². The van der Waals surface area contributed by atoms with Gasteiger partial charge in [-0.3, -0.25) is 9.59 Å². The van der Waals surface area contributed by atoms with Crippen molar-refractivity contribution in [1.29, 1.82) is 0 Å². The molecule has 0 aliphatic heterocycles. The number of hydrogen-bond acceptors (Lipinski definition) is 4. The van der Waals surface area contributed by atoms with Crippen LogP contribution in [0.4, 0.5) is 5.69 Å². The van der Waals surface area contributed by atoms with Crippen molar-refractivity contribution in [2.75, 3.05) is 22.8 Å². The standard InChI is InChI=1S/C14H17Cl2NO5S/c15-5-6-23(21,22)12(9-16)8-13(18)17-11-3-1-10(2-4-11)7-14(19)20/h1-4,12H,5-9H2,(H,17,18)(H,19,20). The first kappa shape index (κ1) is 19.7. The average molecular weight is 382 g/mol. The van der Waals surface area contributed by atoms with Crippen LogP contribution in [0.25, 0.3) is 0 Å². The van der Waals surface area contributed by atoms with Crippen molar-refractivity contribution in [3.8, 4) is 0 Å². The van der Waals surface area contributed by atoms with Crippen LogP contribution in [-0.2, 0) is 25.8 Å². The first-order chi connectivity index (χ1) is 10.8. The van der Waals surface area contributed by atoms with Crippen molar-refractivity contribution in [3.63, 3.8) is 0 Å². The molecule has 1 unspecified atom stereocenters. The summed E-state index contributed by atoms with van der Waals surface area (Å²) in [6.45, 7) is 0. The zero-order valence-corrected chi connectivity index (χ0v) is 14.5. The van der Waals surface area contributed by atoms with Crippen LogP contribution in [0.1, 0.15) is 12.0 Å². The molecule has 0 aliphatic rings. The van der Waals surface area contributed by atoms with Gasteiger partial charge in [0.25, 0.3) is 0 Å². The van der Waals surface area contributed by atoms with Gasteiger partial charge in [0.2, 0.25) is 5.91 Å². The Labute approximate surface area is 144 Å². The molecule has 0 radical (unpaired) electrons. The summed E-state index contributed by atoms with van der Waals surface area (Å²) in [5.41, 5.74) is 1.05. The van der Waals surface area contributed by atoms with Crippen LogP contribution in [-0.4, -0.2) is 48.2 Å². The van der Waals surface area contributed by atoms with Crippen LogP contribution in [0.3, 0.4) is 0 Å². The third-order valence-electron chi connectivity index (χ3n) is 3.05. The van der Waals surface area contributed by atoms with Crippen LogP contribution >= 0.6 is 23.2 Å². The SMILES string of the molecule is O=C(O)Cc1ccc(NC(=O)CC(CCl)S(=O)(=O)CCCl)cc1. The van der Waals surface area contributed by atoms with Crippen LogP contribution < -0.4 is 5.32 Å². The second kappa shape index (κ2) is 9.10. The fraction of sp³-hybridized carbons (Fsp3) is 0.429. The number of nitrogens with one attached hydrogen (secondary N) is 1. The maximum absolute atomic E-state index is 11.9. The average Bonchev–Trinajstić information content (AvgIpc) is 2.46. The molecule has 1 amide bonds. The summed E-state index contributed by atoms with van der Waals surface area (Å²) >= 11 is 11.1. The Morgan fingerprint density at radius 1 is 1.17 bits per heavy atom. The Kier molecular flexibility index (Phi) is 7.81. The van der Waals surface area contributed by atoms with Gasteiger partial charge in [-0.25, -0.2) is 8.42 Å². The predicted molar refractivity (Wildman–Crippen MR) is 90.0 cm³/mol. The molecule has 2 N–H and O–H groups in total. The highest BCUT2D eigenvalue weighted by molar-refractivity contribution is 7.92. The molecule has 9 heteroatoms. The van der Waals surface area contributed by atoms with E-state index in [0.717, 1.165) is 0 Å². The second-order valence-corrected chi connectivity index (χ2v) is 7.94. The van der Waals surface area contributed by atoms with E-state index in [4.69, 9.17) is 28.3 Å². The quantitative estimate of drug-likeness (QED) is 0.636. The molecule has 1 aromatic carbocycles. The molecule has 0 heterocycles. The molecule has 0 saturated heterocycles. The highest BCUT2D eigenvalue weighted by atomic mass is 35.5. The Bertz CT molecular complexity index is 646. The molecule has 0 aromatic heterocycles. The third-order valence-corrected chi connectivity index (χ3v) is 6.14. The van der Waals surface area contributed by atoms with Gasteiger partial charge >= 0.3 is 5.97 Å². The molecule has 0 saturated carbocycles. The van der Waals surface area contributed by atoms with Gasteiger partial charge in [0.15, 0.2) is 9.84 Å². The van der Waals surface area contributed by atoms with Crippen molar-refractivity contribution in [3.05, 3.63) is 29.8 Å². The number of amides is 1. The number of carbonyl (C=O) groups is 2. The van der Waals surface area contributed by atoms with E-state index in [9.17, 15) is 18.0 Å². The minimum Gasteiger partial charge on any atom is -0.481 e. The summed E-state index contributed by atoms with van der Waals surface area (Å²) in [5.74, 6) is -1.91. The van der Waals surface area contributed by atoms with E-state index in [1.807, 2.05) is 0 Å². The Hall–Kier alpha value is -1.31. The number of anilines is 1. The summed E-state index contributed by atoms with van der Waals surface area (Å²) in [5, 5.41) is 10.2. The van der Waals surface area contributed by atoms with E-state index in [1.165, 1.54) is 0 Å². The summed E-state index contributed by atoms with van der Waals surface area (Å²) in [6, 6.07) is 6.26. The maximum Gasteiger partial charge on any atom is 0.307 e. The minimum atomic E-state index is -3.52. The lowest BCUT2D eigenvalue weighted by molar-refractivity contribution is -0.136. The summed E-state index contributed by atoms with van der Waals surface area (Å²) in [7, 11) is -3.52. The molecule has 23 heavy (non-hydrogen) atoms. The van der Waals surface area contributed by atoms with E-state index < -0.39 is 27.0 Å². The van der Waals surface area contributed by atoms with E-state index in [-0.39, 0.29) is 30.4 Å². The third kappa shape index (κ3) is 6.76. The number of alkyl halides is 2. The molecule has 1 rings (SSSR count). The minimum absolute atomic E-state index is 0.0532. The molecule has 6 nitrogen and oxygen atoms in total. The van der Waals surface area contributed by atoms with Crippen molar-refractivity contribution < 1.29 is 23.1 Å². The molecule has 0 spiro atoms. The molecular weight excluding hydrogens is 365 g/mol. The van der Waals surface area contributed by atoms with Crippen LogP contribution in [0.5, 0.6) is 0 Å². The number of carboxylic acid groups (broad SMARTS) is 1. The smallest absolute Gasteiger partial charge is 0.307 e. The maximum atomic E-state index is 11.9. The Balaban J connectivity index is 2.66. The van der Waals surface area contributed by atoms with Crippen LogP contribution in [0.2, 0.25) is 0 Å². The number of sulfone groups is 1. The summed E-state index contributed by atoms with van der Waals surface area (Å²) in [6.07, 6.45) is -0.376. The lowest BCUT2D eigenvalue weighted by Gasteiger charge is -2.14. The van der Waals surface area contributed by atoms with E-state index in [2.05, 4.69) is 5.32 Å². The number of benzene rings is 1. The lowest BCUT2D eigenvalue weighted by Crippen LogP contribution is -2.31. The highest BCUT2D eigenvalue weighted by Crippen LogP contribution is 2.14. The van der Waals surface area contributed by atoms with Gasteiger partial charge in [0, 0.05) is 23.9 Å². The van der Waals surface area contributed by atoms with Gasteiger partial charge in [-0.15, -0.1) is 23.2 Å². The zero-order valence-electron chi connectivity index (χ0n) is 12.2. The lowest BCUT2D eigenvalue weighted by atomic mass is 10.1. The van der Waals surface area contributed by atoms with Crippen molar-refractivity contribution >= 4 is 50.6 Å². The van der Waals surface area contributed by atoms with Crippen LogP contribution in [0, 0.1) is 0 Å². The first-order valence-electron chi connectivity index (χ1n) is 6.72. The number of aliphatic carboxylic acids is 1. The second-order valence-electron chi connectivity index (χ2n) is 4.85. The van der Waals surface area contributed by atoms with E-state index in [1.54, 1.807) is 24.3 Å². The normalized spacial score (nSPS) is 12.6. The number of carbonyl (C=O) groups excluding carboxylic acids is 1. The molecule has 128 valence electrons. The summed E-state index contributed by atoms with van der Waals surface area (Å²) < 4.78 is 23.8. The number of carboxylic acids is 1. The van der Waals surface area contributed by atoms with Gasteiger partial charge in [-0.1, -0.05) is 12.1 Å². The van der Waals surface area contributed by atoms with Gasteiger partial charge in [-0.2, -0.15) is 0 Å². The molecule has 0 aliphatic carbocycles. The highest BCUT2D eigenvalue weighted by Gasteiger charge is 2.26. The molecule has 0 bridgehead atoms. The van der Waals surface area contributed by atoms with E-state index >= 15 is 0 Å².